The first-order valence-electron chi connectivity index (χ1n) is 13.0. The molecule has 1 amide bonds. The van der Waals surface area contributed by atoms with E-state index in [1.165, 1.54) is 0 Å². The van der Waals surface area contributed by atoms with Gasteiger partial charge in [-0.05, 0) is 50.8 Å². The number of rotatable bonds is 4. The zero-order valence-corrected chi connectivity index (χ0v) is 21.2. The Morgan fingerprint density at radius 1 is 1.25 bits per heavy atom. The number of nitrogens with one attached hydrogen (secondary N) is 1. The van der Waals surface area contributed by atoms with Crippen LogP contribution in [0.5, 0.6) is 11.5 Å². The van der Waals surface area contributed by atoms with Gasteiger partial charge in [0.1, 0.15) is 5.60 Å². The Morgan fingerprint density at radius 2 is 2.08 bits per heavy atom. The van der Waals surface area contributed by atoms with Crippen molar-refractivity contribution in [2.24, 2.45) is 17.6 Å². The number of likely N-dealkylation sites (tertiary alicyclic amines) is 1. The van der Waals surface area contributed by atoms with Gasteiger partial charge in [-0.1, -0.05) is 30.3 Å². The number of nitrogens with zero attached hydrogens (tertiary/aromatic N) is 1. The molecule has 3 aliphatic rings. The Kier molecular flexibility index (Phi) is 5.73. The maximum atomic E-state index is 13.4. The third kappa shape index (κ3) is 3.85. The molecule has 2 fully saturated rings. The molecule has 190 valence electrons. The number of benzene rings is 2. The fourth-order valence-electron chi connectivity index (χ4n) is 6.51. The molecule has 2 aromatic carbocycles. The first-order valence-corrected chi connectivity index (χ1v) is 13.0. The highest BCUT2D eigenvalue weighted by Crippen LogP contribution is 2.55. The number of carbonyl (C=O) groups excluding carboxylic acids is 1. The molecule has 0 spiro atoms. The summed E-state index contributed by atoms with van der Waals surface area (Å²) in [4.78, 5) is 18.6. The molecular weight excluding hydrogens is 454 g/mol. The third-order valence-electron chi connectivity index (χ3n) is 8.45. The fourth-order valence-corrected chi connectivity index (χ4v) is 6.51. The predicted octanol–water partition coefficient (Wildman–Crippen LogP) is 4.21. The van der Waals surface area contributed by atoms with Gasteiger partial charge >= 0.3 is 0 Å². The van der Waals surface area contributed by atoms with Gasteiger partial charge < -0.3 is 29.8 Å². The molecule has 0 aliphatic carbocycles. The van der Waals surface area contributed by atoms with Gasteiger partial charge in [0.15, 0.2) is 11.5 Å². The lowest BCUT2D eigenvalue weighted by atomic mass is 9.70. The Bertz CT molecular complexity index is 1280. The van der Waals surface area contributed by atoms with E-state index in [0.29, 0.717) is 19.5 Å². The van der Waals surface area contributed by atoms with E-state index in [1.54, 1.807) is 7.11 Å². The number of ether oxygens (including phenoxy) is 3. The largest absolute Gasteiger partial charge is 0.493 e. The number of fused-ring (bicyclic) bond motifs is 5. The van der Waals surface area contributed by atoms with Crippen molar-refractivity contribution in [2.45, 2.75) is 57.0 Å². The average Bonchev–Trinajstić information content (AvgIpc) is 3.29. The number of aromatic amines is 1. The van der Waals surface area contributed by atoms with Crippen molar-refractivity contribution in [1.29, 1.82) is 0 Å². The zero-order valence-electron chi connectivity index (χ0n) is 21.2. The van der Waals surface area contributed by atoms with E-state index in [4.69, 9.17) is 19.9 Å². The Hall–Kier alpha value is -3.03. The van der Waals surface area contributed by atoms with Crippen LogP contribution in [0.2, 0.25) is 0 Å². The summed E-state index contributed by atoms with van der Waals surface area (Å²) in [6.07, 6.45) is 4.34. The number of carbonyl (C=O) groups is 1. The average molecular weight is 490 g/mol. The van der Waals surface area contributed by atoms with Crippen LogP contribution in [0.25, 0.3) is 10.9 Å². The summed E-state index contributed by atoms with van der Waals surface area (Å²) in [6.45, 7) is 5.61. The van der Waals surface area contributed by atoms with Crippen LogP contribution in [0, 0.1) is 11.8 Å². The topological polar surface area (TPSA) is 89.8 Å². The summed E-state index contributed by atoms with van der Waals surface area (Å²) in [6, 6.07) is 13.6. The number of amides is 1. The summed E-state index contributed by atoms with van der Waals surface area (Å²) in [5, 5.41) is 1.13. The van der Waals surface area contributed by atoms with Crippen molar-refractivity contribution in [3.8, 4) is 11.5 Å². The number of H-pyrrole nitrogens is 1. The molecule has 2 saturated heterocycles. The van der Waals surface area contributed by atoms with Crippen molar-refractivity contribution < 1.29 is 19.0 Å². The highest BCUT2D eigenvalue weighted by Gasteiger charge is 2.52. The first kappa shape index (κ1) is 23.4. The summed E-state index contributed by atoms with van der Waals surface area (Å²) >= 11 is 0. The van der Waals surface area contributed by atoms with E-state index in [9.17, 15) is 4.79 Å². The lowest BCUT2D eigenvalue weighted by Crippen LogP contribution is -2.57. The monoisotopic (exact) mass is 489 g/mol. The van der Waals surface area contributed by atoms with Gasteiger partial charge in [0.2, 0.25) is 5.91 Å². The van der Waals surface area contributed by atoms with Crippen molar-refractivity contribution in [2.75, 3.05) is 20.2 Å². The number of piperidine rings is 1. The number of hydrogen-bond donors (Lipinski definition) is 2. The normalized spacial score (nSPS) is 27.4. The van der Waals surface area contributed by atoms with Gasteiger partial charge in [0.25, 0.3) is 0 Å². The standard InChI is InChI=1S/C29H35N3O4/c1-29(2)21-13-18-16-32(28(33)22(30)14-17-15-31-23-9-5-4-7-19(17)23)12-11-24(18)35-26(21)20-8-6-10-25(34-3)27(20)36-29/h4-10,15,18,21-22,24,26,31H,11-14,16,30H2,1-3H3/t18-,21+,22-,24+,26-/m0/s1. The van der Waals surface area contributed by atoms with Gasteiger partial charge in [-0.15, -0.1) is 0 Å². The van der Waals surface area contributed by atoms with Crippen molar-refractivity contribution in [3.05, 3.63) is 59.8 Å². The van der Waals surface area contributed by atoms with Crippen LogP contribution in [0.4, 0.5) is 0 Å². The molecule has 5 atom stereocenters. The van der Waals surface area contributed by atoms with E-state index in [-0.39, 0.29) is 30.0 Å². The summed E-state index contributed by atoms with van der Waals surface area (Å²) in [5.74, 6) is 2.01. The maximum absolute atomic E-state index is 13.4. The Balaban J connectivity index is 1.17. The minimum Gasteiger partial charge on any atom is -0.493 e. The molecule has 0 radical (unpaired) electrons. The number of methoxy groups -OCH3 is 1. The van der Waals surface area contributed by atoms with E-state index < -0.39 is 11.6 Å². The SMILES string of the molecule is COc1cccc2c1OC(C)(C)[C@@H]1C[C@H]3CN(C(=O)[C@@H](N)Cc4c[nH]c5ccccc45)CC[C@H]3O[C@@H]21. The molecular formula is C29H35N3O4. The molecule has 0 saturated carbocycles. The van der Waals surface area contributed by atoms with Crippen molar-refractivity contribution in [3.63, 3.8) is 0 Å². The van der Waals surface area contributed by atoms with Gasteiger partial charge in [-0.25, -0.2) is 0 Å². The first-order chi connectivity index (χ1) is 17.4. The fraction of sp³-hybridized carbons (Fsp3) is 0.483. The number of hydrogen-bond acceptors (Lipinski definition) is 5. The van der Waals surface area contributed by atoms with Crippen LogP contribution in [0.3, 0.4) is 0 Å². The van der Waals surface area contributed by atoms with E-state index >= 15 is 0 Å². The molecule has 1 aromatic heterocycles. The molecule has 6 rings (SSSR count). The summed E-state index contributed by atoms with van der Waals surface area (Å²) in [5.41, 5.74) is 9.27. The summed E-state index contributed by atoms with van der Waals surface area (Å²) < 4.78 is 18.8. The van der Waals surface area contributed by atoms with Crippen LogP contribution in [-0.2, 0) is 16.0 Å². The summed E-state index contributed by atoms with van der Waals surface area (Å²) in [7, 11) is 1.67. The lowest BCUT2D eigenvalue weighted by molar-refractivity contribution is -0.189. The number of para-hydroxylation sites is 2. The van der Waals surface area contributed by atoms with Crippen LogP contribution >= 0.6 is 0 Å². The van der Waals surface area contributed by atoms with Crippen LogP contribution in [0.15, 0.2) is 48.7 Å². The van der Waals surface area contributed by atoms with E-state index in [2.05, 4.69) is 31.0 Å². The molecule has 0 unspecified atom stereocenters. The number of aromatic nitrogens is 1. The molecule has 7 heteroatoms. The van der Waals surface area contributed by atoms with Gasteiger partial charge in [0, 0.05) is 47.6 Å². The molecule has 0 bridgehead atoms. The Labute approximate surface area is 211 Å². The smallest absolute Gasteiger partial charge is 0.239 e. The van der Waals surface area contributed by atoms with Gasteiger partial charge in [-0.3, -0.25) is 4.79 Å². The lowest BCUT2D eigenvalue weighted by Gasteiger charge is -2.53. The van der Waals surface area contributed by atoms with Gasteiger partial charge in [0.05, 0.1) is 25.4 Å². The highest BCUT2D eigenvalue weighted by molar-refractivity contribution is 5.86. The molecule has 36 heavy (non-hydrogen) atoms. The van der Waals surface area contributed by atoms with Crippen LogP contribution < -0.4 is 15.2 Å². The second-order valence-electron chi connectivity index (χ2n) is 11.0. The van der Waals surface area contributed by atoms with E-state index in [0.717, 1.165) is 46.4 Å². The molecule has 3 aromatic rings. The van der Waals surface area contributed by atoms with Crippen molar-refractivity contribution >= 4 is 16.8 Å². The maximum Gasteiger partial charge on any atom is 0.239 e. The molecule has 3 aliphatic heterocycles. The molecule has 4 heterocycles. The minimum absolute atomic E-state index is 0.0232. The Morgan fingerprint density at radius 3 is 2.92 bits per heavy atom. The van der Waals surface area contributed by atoms with E-state index in [1.807, 2.05) is 41.4 Å². The highest BCUT2D eigenvalue weighted by atomic mass is 16.5. The third-order valence-corrected chi connectivity index (χ3v) is 8.45. The van der Waals surface area contributed by atoms with Crippen LogP contribution in [0.1, 0.15) is 43.9 Å². The molecule has 3 N–H and O–H groups in total. The predicted molar refractivity (Wildman–Crippen MR) is 138 cm³/mol. The molecule has 7 nitrogen and oxygen atoms in total. The quantitative estimate of drug-likeness (QED) is 0.573. The zero-order chi connectivity index (χ0) is 25.0. The number of nitrogens with two attached hydrogens (primary N) is 1. The second-order valence-corrected chi connectivity index (χ2v) is 11.0. The minimum atomic E-state index is -0.563. The van der Waals surface area contributed by atoms with Crippen LogP contribution in [-0.4, -0.2) is 53.7 Å². The van der Waals surface area contributed by atoms with Gasteiger partial charge in [-0.2, -0.15) is 0 Å². The van der Waals surface area contributed by atoms with Crippen molar-refractivity contribution in [1.82, 2.24) is 9.88 Å². The second kappa shape index (κ2) is 8.82.